The van der Waals surface area contributed by atoms with Gasteiger partial charge >= 0.3 is 5.97 Å². The van der Waals surface area contributed by atoms with Gasteiger partial charge in [0.2, 0.25) is 0 Å². The Balaban J connectivity index is 2.05. The number of ether oxygens (including phenoxy) is 1. The molecule has 1 aromatic heterocycles. The predicted octanol–water partition coefficient (Wildman–Crippen LogP) is 3.32. The van der Waals surface area contributed by atoms with Crippen LogP contribution in [0.2, 0.25) is 0 Å². The summed E-state index contributed by atoms with van der Waals surface area (Å²) in [6, 6.07) is 5.34. The van der Waals surface area contributed by atoms with E-state index in [0.717, 1.165) is 36.8 Å². The highest BCUT2D eigenvalue weighted by Crippen LogP contribution is 2.38. The Morgan fingerprint density at radius 2 is 2.35 bits per heavy atom. The Morgan fingerprint density at radius 3 is 3.10 bits per heavy atom. The lowest BCUT2D eigenvalue weighted by Gasteiger charge is -2.22. The van der Waals surface area contributed by atoms with Crippen LogP contribution in [0.25, 0.3) is 10.9 Å². The van der Waals surface area contributed by atoms with Crippen LogP contribution in [0.3, 0.4) is 0 Å². The first-order chi connectivity index (χ1) is 9.70. The highest BCUT2D eigenvalue weighted by Gasteiger charge is 2.24. The molecule has 0 saturated heterocycles. The highest BCUT2D eigenvalue weighted by atomic mass is 16.5. The standard InChI is InChI=1S/C16H19NO3/c1-20-8-7-10-3-2-4-12-13-9-11(16(18)19)5-6-14(13)17-15(10)12/h5-6,9-10,17H,2-4,7-8H2,1H3,(H,18,19). The minimum Gasteiger partial charge on any atom is -0.478 e. The molecule has 1 heterocycles. The van der Waals surface area contributed by atoms with E-state index in [2.05, 4.69) is 4.98 Å². The summed E-state index contributed by atoms with van der Waals surface area (Å²) in [5.74, 6) is -0.368. The molecule has 0 saturated carbocycles. The van der Waals surface area contributed by atoms with E-state index >= 15 is 0 Å². The Morgan fingerprint density at radius 1 is 1.50 bits per heavy atom. The van der Waals surface area contributed by atoms with E-state index in [1.807, 2.05) is 6.07 Å². The van der Waals surface area contributed by atoms with E-state index in [-0.39, 0.29) is 0 Å². The van der Waals surface area contributed by atoms with Gasteiger partial charge in [-0.2, -0.15) is 0 Å². The van der Waals surface area contributed by atoms with Crippen molar-refractivity contribution in [3.63, 3.8) is 0 Å². The Bertz CT molecular complexity index is 644. The third-order valence-corrected chi connectivity index (χ3v) is 4.24. The molecule has 20 heavy (non-hydrogen) atoms. The second kappa shape index (κ2) is 5.29. The van der Waals surface area contributed by atoms with Crippen LogP contribution in [0.1, 0.15) is 46.8 Å². The van der Waals surface area contributed by atoms with Crippen LogP contribution in [0.15, 0.2) is 18.2 Å². The van der Waals surface area contributed by atoms with Crippen molar-refractivity contribution in [3.8, 4) is 0 Å². The Labute approximate surface area is 117 Å². The average molecular weight is 273 g/mol. The van der Waals surface area contributed by atoms with Gasteiger partial charge in [-0.25, -0.2) is 4.79 Å². The maximum absolute atomic E-state index is 11.1. The minimum atomic E-state index is -0.867. The third-order valence-electron chi connectivity index (χ3n) is 4.24. The molecule has 2 aromatic rings. The molecule has 106 valence electrons. The zero-order valence-electron chi connectivity index (χ0n) is 11.6. The number of aromatic nitrogens is 1. The lowest BCUT2D eigenvalue weighted by Crippen LogP contribution is -2.11. The number of carbonyl (C=O) groups is 1. The number of nitrogens with one attached hydrogen (secondary N) is 1. The summed E-state index contributed by atoms with van der Waals surface area (Å²) in [6.45, 7) is 0.764. The van der Waals surface area contributed by atoms with Crippen molar-refractivity contribution in [2.45, 2.75) is 31.6 Å². The fraction of sp³-hybridized carbons (Fsp3) is 0.438. The van der Waals surface area contributed by atoms with Gasteiger partial charge in [0.25, 0.3) is 0 Å². The molecule has 0 amide bonds. The molecule has 3 rings (SSSR count). The average Bonchev–Trinajstić information content (AvgIpc) is 2.83. The van der Waals surface area contributed by atoms with Crippen LogP contribution in [0.5, 0.6) is 0 Å². The molecule has 2 N–H and O–H groups in total. The van der Waals surface area contributed by atoms with Gasteiger partial charge in [0.05, 0.1) is 5.56 Å². The summed E-state index contributed by atoms with van der Waals surface area (Å²) in [4.78, 5) is 14.6. The third kappa shape index (κ3) is 2.20. The summed E-state index contributed by atoms with van der Waals surface area (Å²) in [5, 5.41) is 10.2. The first kappa shape index (κ1) is 13.2. The van der Waals surface area contributed by atoms with E-state index in [1.165, 1.54) is 17.7 Å². The molecule has 0 spiro atoms. The zero-order valence-corrected chi connectivity index (χ0v) is 11.6. The molecular formula is C16H19NO3. The van der Waals surface area contributed by atoms with Crippen molar-refractivity contribution in [1.82, 2.24) is 4.98 Å². The van der Waals surface area contributed by atoms with Crippen molar-refractivity contribution in [1.29, 1.82) is 0 Å². The smallest absolute Gasteiger partial charge is 0.335 e. The minimum absolute atomic E-state index is 0.360. The van der Waals surface area contributed by atoms with E-state index in [9.17, 15) is 4.79 Å². The summed E-state index contributed by atoms with van der Waals surface area (Å²) in [5.41, 5.74) is 3.99. The molecule has 0 bridgehead atoms. The molecular weight excluding hydrogens is 254 g/mol. The SMILES string of the molecule is COCCC1CCCc2c1[nH]c1ccc(C(=O)O)cc21. The molecule has 1 unspecified atom stereocenters. The summed E-state index contributed by atoms with van der Waals surface area (Å²) in [6.07, 6.45) is 4.38. The van der Waals surface area contributed by atoms with Crippen LogP contribution < -0.4 is 0 Å². The van der Waals surface area contributed by atoms with Crippen molar-refractivity contribution in [2.75, 3.05) is 13.7 Å². The van der Waals surface area contributed by atoms with Crippen molar-refractivity contribution >= 4 is 16.9 Å². The van der Waals surface area contributed by atoms with Crippen molar-refractivity contribution < 1.29 is 14.6 Å². The predicted molar refractivity (Wildman–Crippen MR) is 77.4 cm³/mol. The number of rotatable bonds is 4. The Kier molecular flexibility index (Phi) is 3.49. The Hall–Kier alpha value is -1.81. The molecule has 1 aliphatic rings. The van der Waals surface area contributed by atoms with E-state index in [4.69, 9.17) is 9.84 Å². The first-order valence-corrected chi connectivity index (χ1v) is 7.07. The van der Waals surface area contributed by atoms with Gasteiger partial charge in [-0.1, -0.05) is 0 Å². The van der Waals surface area contributed by atoms with E-state index in [0.29, 0.717) is 11.5 Å². The van der Waals surface area contributed by atoms with Crippen LogP contribution in [0, 0.1) is 0 Å². The van der Waals surface area contributed by atoms with Gasteiger partial charge in [0, 0.05) is 36.2 Å². The fourth-order valence-electron chi connectivity index (χ4n) is 3.24. The van der Waals surface area contributed by atoms with E-state index < -0.39 is 5.97 Å². The van der Waals surface area contributed by atoms with Gasteiger partial charge in [-0.05, 0) is 49.4 Å². The first-order valence-electron chi connectivity index (χ1n) is 7.07. The number of carboxylic acids is 1. The van der Waals surface area contributed by atoms with Gasteiger partial charge in [-0.15, -0.1) is 0 Å². The maximum atomic E-state index is 11.1. The molecule has 1 atom stereocenters. The number of benzene rings is 1. The summed E-state index contributed by atoms with van der Waals surface area (Å²) >= 11 is 0. The number of fused-ring (bicyclic) bond motifs is 3. The van der Waals surface area contributed by atoms with Crippen molar-refractivity contribution in [3.05, 3.63) is 35.0 Å². The number of aryl methyl sites for hydroxylation is 1. The normalized spacial score (nSPS) is 18.1. The molecule has 1 aliphatic carbocycles. The van der Waals surface area contributed by atoms with Gasteiger partial charge < -0.3 is 14.8 Å². The molecule has 4 nitrogen and oxygen atoms in total. The van der Waals surface area contributed by atoms with Gasteiger partial charge in [-0.3, -0.25) is 0 Å². The zero-order chi connectivity index (χ0) is 14.1. The van der Waals surface area contributed by atoms with Crippen LogP contribution in [-0.4, -0.2) is 29.8 Å². The van der Waals surface area contributed by atoms with Gasteiger partial charge in [0.15, 0.2) is 0 Å². The summed E-state index contributed by atoms with van der Waals surface area (Å²) < 4.78 is 5.19. The number of aromatic amines is 1. The lowest BCUT2D eigenvalue weighted by atomic mass is 9.85. The largest absolute Gasteiger partial charge is 0.478 e. The maximum Gasteiger partial charge on any atom is 0.335 e. The highest BCUT2D eigenvalue weighted by molar-refractivity contribution is 5.95. The quantitative estimate of drug-likeness (QED) is 0.898. The fourth-order valence-corrected chi connectivity index (χ4v) is 3.24. The van der Waals surface area contributed by atoms with Crippen LogP contribution in [0.4, 0.5) is 0 Å². The molecule has 0 aliphatic heterocycles. The number of methoxy groups -OCH3 is 1. The van der Waals surface area contributed by atoms with Crippen LogP contribution >= 0.6 is 0 Å². The second-order valence-corrected chi connectivity index (χ2v) is 5.45. The number of hydrogen-bond acceptors (Lipinski definition) is 2. The van der Waals surface area contributed by atoms with E-state index in [1.54, 1.807) is 19.2 Å². The second-order valence-electron chi connectivity index (χ2n) is 5.45. The molecule has 0 fully saturated rings. The number of H-pyrrole nitrogens is 1. The molecule has 1 aromatic carbocycles. The monoisotopic (exact) mass is 273 g/mol. The lowest BCUT2D eigenvalue weighted by molar-refractivity contribution is 0.0697. The van der Waals surface area contributed by atoms with Gasteiger partial charge in [0.1, 0.15) is 0 Å². The van der Waals surface area contributed by atoms with Crippen molar-refractivity contribution in [2.24, 2.45) is 0 Å². The van der Waals surface area contributed by atoms with Crippen LogP contribution in [-0.2, 0) is 11.2 Å². The number of hydrogen-bond donors (Lipinski definition) is 2. The molecule has 4 heteroatoms. The summed E-state index contributed by atoms with van der Waals surface area (Å²) in [7, 11) is 1.73. The molecule has 0 radical (unpaired) electrons. The number of aromatic carboxylic acids is 1. The topological polar surface area (TPSA) is 62.3 Å². The number of carboxylic acid groups (broad SMARTS) is 1.